The predicted octanol–water partition coefficient (Wildman–Crippen LogP) is 2.68. The van der Waals surface area contributed by atoms with Gasteiger partial charge in [-0.3, -0.25) is 4.79 Å². The van der Waals surface area contributed by atoms with Gasteiger partial charge in [0.2, 0.25) is 0 Å². The number of nitrogens with one attached hydrogen (secondary N) is 1. The maximum Gasteiger partial charge on any atom is 0.434 e. The van der Waals surface area contributed by atoms with Gasteiger partial charge in [-0.2, -0.15) is 13.2 Å². The van der Waals surface area contributed by atoms with E-state index >= 15 is 0 Å². The van der Waals surface area contributed by atoms with Crippen molar-refractivity contribution >= 4 is 17.1 Å². The van der Waals surface area contributed by atoms with Crippen molar-refractivity contribution in [3.63, 3.8) is 0 Å². The highest BCUT2D eigenvalue weighted by Crippen LogP contribution is 2.32. The van der Waals surface area contributed by atoms with Gasteiger partial charge in [0.15, 0.2) is 11.3 Å². The fraction of sp³-hybridized carbons (Fsp3) is 0.250. The molecule has 1 N–H and O–H groups in total. The first-order valence-electron chi connectivity index (χ1n) is 5.44. The number of hydrogen-bond acceptors (Lipinski definition) is 3. The quantitative estimate of drug-likeness (QED) is 0.865. The number of halogens is 3. The first kappa shape index (κ1) is 13.3. The monoisotopic (exact) mass is 269 g/mol. The maximum absolute atomic E-state index is 12.9. The van der Waals surface area contributed by atoms with E-state index in [1.54, 1.807) is 6.92 Å². The summed E-state index contributed by atoms with van der Waals surface area (Å²) in [4.78, 5) is 21.4. The number of rotatable bonds is 1. The van der Waals surface area contributed by atoms with E-state index < -0.39 is 17.4 Å². The third kappa shape index (κ3) is 2.49. The fourth-order valence-corrected chi connectivity index (χ4v) is 1.72. The Bertz CT molecular complexity index is 716. The molecule has 0 radical (unpaired) electrons. The molecule has 2 heterocycles. The topological polar surface area (TPSA) is 58.6 Å². The molecule has 0 fully saturated rings. The molecule has 100 valence electrons. The third-order valence-electron chi connectivity index (χ3n) is 2.46. The number of aromatic amines is 1. The molecule has 0 saturated carbocycles. The molecule has 0 aliphatic rings. The first-order valence-corrected chi connectivity index (χ1v) is 5.44. The zero-order chi connectivity index (χ0) is 14.2. The van der Waals surface area contributed by atoms with Gasteiger partial charge >= 0.3 is 6.18 Å². The summed E-state index contributed by atoms with van der Waals surface area (Å²) < 4.78 is 38.7. The van der Waals surface area contributed by atoms with E-state index in [9.17, 15) is 18.0 Å². The lowest BCUT2D eigenvalue weighted by molar-refractivity contribution is -0.141. The third-order valence-corrected chi connectivity index (χ3v) is 2.46. The minimum absolute atomic E-state index is 0.0340. The maximum atomic E-state index is 12.9. The van der Waals surface area contributed by atoms with Crippen LogP contribution in [-0.2, 0) is 6.18 Å². The smallest absolute Gasteiger partial charge is 0.310 e. The molecule has 4 nitrogen and oxygen atoms in total. The summed E-state index contributed by atoms with van der Waals surface area (Å²) in [5, 5.41) is 0.0340. The van der Waals surface area contributed by atoms with Gasteiger partial charge in [0.25, 0.3) is 5.56 Å². The van der Waals surface area contributed by atoms with E-state index in [2.05, 4.69) is 15.0 Å². The minimum atomic E-state index is -4.60. The molecule has 0 amide bonds. The van der Waals surface area contributed by atoms with Crippen LogP contribution in [0.15, 0.2) is 16.9 Å². The summed E-state index contributed by atoms with van der Waals surface area (Å²) in [6, 6.07) is 1.15. The van der Waals surface area contributed by atoms with Crippen molar-refractivity contribution in [1.82, 2.24) is 15.0 Å². The van der Waals surface area contributed by atoms with Crippen LogP contribution in [0.1, 0.15) is 24.0 Å². The molecule has 0 aromatic carbocycles. The number of aromatic nitrogens is 3. The first-order chi connectivity index (χ1) is 8.82. The van der Waals surface area contributed by atoms with Crippen LogP contribution in [0.5, 0.6) is 0 Å². The van der Waals surface area contributed by atoms with Crippen LogP contribution >= 0.6 is 0 Å². The Labute approximate surface area is 106 Å². The van der Waals surface area contributed by atoms with Gasteiger partial charge in [-0.05, 0) is 19.9 Å². The lowest BCUT2D eigenvalue weighted by Crippen LogP contribution is -2.15. The summed E-state index contributed by atoms with van der Waals surface area (Å²) in [6.45, 7) is 3.07. The van der Waals surface area contributed by atoms with E-state index in [4.69, 9.17) is 0 Å². The second kappa shape index (κ2) is 4.49. The highest BCUT2D eigenvalue weighted by molar-refractivity contribution is 5.77. The Balaban J connectivity index is 2.88. The Morgan fingerprint density at radius 1 is 1.32 bits per heavy atom. The molecule has 7 heteroatoms. The minimum Gasteiger partial charge on any atom is -0.310 e. The zero-order valence-electron chi connectivity index (χ0n) is 10.2. The van der Waals surface area contributed by atoms with Crippen LogP contribution in [0.25, 0.3) is 17.1 Å². The number of H-pyrrole nitrogens is 1. The summed E-state index contributed by atoms with van der Waals surface area (Å²) in [5.41, 5.74) is -1.91. The van der Waals surface area contributed by atoms with Gasteiger partial charge < -0.3 is 4.98 Å². The van der Waals surface area contributed by atoms with Crippen LogP contribution in [-0.4, -0.2) is 15.0 Å². The molecular formula is C12H10F3N3O. The van der Waals surface area contributed by atoms with E-state index in [-0.39, 0.29) is 22.4 Å². The molecular weight excluding hydrogens is 259 g/mol. The fourth-order valence-electron chi connectivity index (χ4n) is 1.72. The normalized spacial score (nSPS) is 12.5. The number of fused-ring (bicyclic) bond motifs is 1. The van der Waals surface area contributed by atoms with E-state index in [1.807, 2.05) is 0 Å². The van der Waals surface area contributed by atoms with Crippen molar-refractivity contribution in [2.24, 2.45) is 0 Å². The second-order valence-corrected chi connectivity index (χ2v) is 3.95. The van der Waals surface area contributed by atoms with Crippen molar-refractivity contribution in [3.8, 4) is 0 Å². The zero-order valence-corrected chi connectivity index (χ0v) is 10.2. The number of allylic oxidation sites excluding steroid dienone is 1. The lowest BCUT2D eigenvalue weighted by atomic mass is 10.1. The van der Waals surface area contributed by atoms with Gasteiger partial charge in [0, 0.05) is 5.56 Å². The van der Waals surface area contributed by atoms with Crippen molar-refractivity contribution in [1.29, 1.82) is 0 Å². The summed E-state index contributed by atoms with van der Waals surface area (Å²) >= 11 is 0. The van der Waals surface area contributed by atoms with Crippen LogP contribution in [0, 0.1) is 6.92 Å². The number of aryl methyl sites for hydroxylation is 1. The van der Waals surface area contributed by atoms with E-state index in [0.717, 1.165) is 6.07 Å². The largest absolute Gasteiger partial charge is 0.434 e. The van der Waals surface area contributed by atoms with Crippen molar-refractivity contribution < 1.29 is 13.2 Å². The van der Waals surface area contributed by atoms with E-state index in [0.29, 0.717) is 0 Å². The number of pyridine rings is 1. The van der Waals surface area contributed by atoms with Crippen molar-refractivity contribution in [2.45, 2.75) is 20.0 Å². The molecule has 2 aromatic rings. The number of alkyl halides is 3. The van der Waals surface area contributed by atoms with Gasteiger partial charge in [-0.1, -0.05) is 12.2 Å². The number of nitrogens with zero attached hydrogens (tertiary/aromatic N) is 2. The SMILES string of the molecule is C/C=C/c1cc2c(=O)[nH]c(C)nc2nc1C(F)(F)F. The van der Waals surface area contributed by atoms with Gasteiger partial charge in [0.1, 0.15) is 5.82 Å². The average molecular weight is 269 g/mol. The lowest BCUT2D eigenvalue weighted by Gasteiger charge is -2.10. The average Bonchev–Trinajstić information content (AvgIpc) is 2.28. The molecule has 2 rings (SSSR count). The van der Waals surface area contributed by atoms with Crippen LogP contribution in [0.4, 0.5) is 13.2 Å². The molecule has 19 heavy (non-hydrogen) atoms. The Morgan fingerprint density at radius 3 is 2.58 bits per heavy atom. The van der Waals surface area contributed by atoms with Gasteiger partial charge in [-0.15, -0.1) is 0 Å². The standard InChI is InChI=1S/C12H10F3N3O/c1-3-4-7-5-8-10(16-6(2)17-11(8)19)18-9(7)12(13,14)15/h3-5H,1-2H3,(H,16,17,18,19)/b4-3+. The molecule has 2 aromatic heterocycles. The van der Waals surface area contributed by atoms with Crippen LogP contribution in [0.2, 0.25) is 0 Å². The molecule has 0 spiro atoms. The Hall–Kier alpha value is -2.18. The van der Waals surface area contributed by atoms with E-state index in [1.165, 1.54) is 19.1 Å². The molecule has 0 saturated heterocycles. The van der Waals surface area contributed by atoms with Gasteiger partial charge in [-0.25, -0.2) is 9.97 Å². The summed E-state index contributed by atoms with van der Waals surface area (Å²) in [5.74, 6) is 0.219. The highest BCUT2D eigenvalue weighted by atomic mass is 19.4. The van der Waals surface area contributed by atoms with Gasteiger partial charge in [0.05, 0.1) is 5.39 Å². The molecule has 0 atom stereocenters. The molecule has 0 aliphatic carbocycles. The summed E-state index contributed by atoms with van der Waals surface area (Å²) in [6.07, 6.45) is -1.89. The van der Waals surface area contributed by atoms with Crippen molar-refractivity contribution in [3.05, 3.63) is 39.6 Å². The Morgan fingerprint density at radius 2 is 2.00 bits per heavy atom. The predicted molar refractivity (Wildman–Crippen MR) is 64.6 cm³/mol. The molecule has 0 unspecified atom stereocenters. The Kier molecular flexibility index (Phi) is 3.13. The van der Waals surface area contributed by atoms with Crippen LogP contribution in [0.3, 0.4) is 0 Å². The number of hydrogen-bond donors (Lipinski definition) is 1. The summed E-state index contributed by atoms with van der Waals surface area (Å²) in [7, 11) is 0. The molecule has 0 aliphatic heterocycles. The highest BCUT2D eigenvalue weighted by Gasteiger charge is 2.35. The van der Waals surface area contributed by atoms with Crippen LogP contribution < -0.4 is 5.56 Å². The molecule has 0 bridgehead atoms. The second-order valence-electron chi connectivity index (χ2n) is 3.95. The van der Waals surface area contributed by atoms with Crippen molar-refractivity contribution in [2.75, 3.05) is 0 Å².